The highest BCUT2D eigenvalue weighted by molar-refractivity contribution is 7.90. The Balaban J connectivity index is 3.68. The molecule has 0 saturated carbocycles. The van der Waals surface area contributed by atoms with Crippen molar-refractivity contribution in [3.05, 3.63) is 33.9 Å². The lowest BCUT2D eigenvalue weighted by Crippen LogP contribution is -2.05. The molecule has 0 amide bonds. The molecular weight excluding hydrogens is 222 g/mol. The SMILES string of the molecule is CS(=O)(=O)c1cccc(C=O)c1[N+](=O)[O-]. The van der Waals surface area contributed by atoms with E-state index in [1.54, 1.807) is 0 Å². The highest BCUT2D eigenvalue weighted by Gasteiger charge is 2.25. The number of aldehydes is 1. The predicted octanol–water partition coefficient (Wildman–Crippen LogP) is 0.811. The van der Waals surface area contributed by atoms with Crippen LogP contribution < -0.4 is 0 Å². The second-order valence-corrected chi connectivity index (χ2v) is 4.83. The van der Waals surface area contributed by atoms with Gasteiger partial charge in [-0.25, -0.2) is 8.42 Å². The van der Waals surface area contributed by atoms with Crippen LogP contribution in [0.15, 0.2) is 23.1 Å². The van der Waals surface area contributed by atoms with Crippen LogP contribution in [0.5, 0.6) is 0 Å². The summed E-state index contributed by atoms with van der Waals surface area (Å²) in [5, 5.41) is 10.6. The number of sulfone groups is 1. The zero-order valence-corrected chi connectivity index (χ0v) is 8.52. The van der Waals surface area contributed by atoms with Crippen molar-refractivity contribution in [2.45, 2.75) is 4.90 Å². The van der Waals surface area contributed by atoms with E-state index in [2.05, 4.69) is 0 Å². The number of nitrogens with zero attached hydrogens (tertiary/aromatic N) is 1. The summed E-state index contributed by atoms with van der Waals surface area (Å²) >= 11 is 0. The van der Waals surface area contributed by atoms with Crippen LogP contribution in [0, 0.1) is 10.1 Å². The van der Waals surface area contributed by atoms with E-state index in [1.807, 2.05) is 0 Å². The molecule has 0 radical (unpaired) electrons. The zero-order chi connectivity index (χ0) is 11.6. The maximum absolute atomic E-state index is 11.2. The van der Waals surface area contributed by atoms with E-state index in [1.165, 1.54) is 12.1 Å². The first-order valence-corrected chi connectivity index (χ1v) is 5.69. The van der Waals surface area contributed by atoms with Crippen molar-refractivity contribution in [2.75, 3.05) is 6.26 Å². The van der Waals surface area contributed by atoms with Crippen LogP contribution in [-0.2, 0) is 9.84 Å². The maximum Gasteiger partial charge on any atom is 0.298 e. The van der Waals surface area contributed by atoms with Crippen molar-refractivity contribution < 1.29 is 18.1 Å². The second-order valence-electron chi connectivity index (χ2n) is 2.84. The van der Waals surface area contributed by atoms with Gasteiger partial charge in [-0.3, -0.25) is 14.9 Å². The topological polar surface area (TPSA) is 94.3 Å². The van der Waals surface area contributed by atoms with Crippen LogP contribution in [0.25, 0.3) is 0 Å². The lowest BCUT2D eigenvalue weighted by atomic mass is 10.2. The summed E-state index contributed by atoms with van der Waals surface area (Å²) in [7, 11) is -3.71. The zero-order valence-electron chi connectivity index (χ0n) is 7.71. The van der Waals surface area contributed by atoms with E-state index in [0.29, 0.717) is 0 Å². The summed E-state index contributed by atoms with van der Waals surface area (Å²) in [5.41, 5.74) is -0.919. The molecule has 0 N–H and O–H groups in total. The van der Waals surface area contributed by atoms with Gasteiger partial charge in [0.2, 0.25) is 0 Å². The van der Waals surface area contributed by atoms with E-state index < -0.39 is 25.3 Å². The van der Waals surface area contributed by atoms with Crippen molar-refractivity contribution in [2.24, 2.45) is 0 Å². The molecule has 7 heteroatoms. The third-order valence-corrected chi connectivity index (χ3v) is 2.87. The Kier molecular flexibility index (Phi) is 2.85. The molecule has 0 aliphatic heterocycles. The van der Waals surface area contributed by atoms with Crippen molar-refractivity contribution in [1.29, 1.82) is 0 Å². The molecule has 1 rings (SSSR count). The van der Waals surface area contributed by atoms with Crippen LogP contribution in [0.3, 0.4) is 0 Å². The molecule has 0 saturated heterocycles. The fraction of sp³-hybridized carbons (Fsp3) is 0.125. The number of hydrogen-bond acceptors (Lipinski definition) is 5. The molecule has 80 valence electrons. The number of nitro benzene ring substituents is 1. The van der Waals surface area contributed by atoms with Gasteiger partial charge in [-0.1, -0.05) is 6.07 Å². The van der Waals surface area contributed by atoms with E-state index >= 15 is 0 Å². The molecule has 0 unspecified atom stereocenters. The highest BCUT2D eigenvalue weighted by Crippen LogP contribution is 2.26. The van der Waals surface area contributed by atoms with Gasteiger partial charge in [0.25, 0.3) is 5.69 Å². The van der Waals surface area contributed by atoms with Gasteiger partial charge in [0.15, 0.2) is 16.1 Å². The average molecular weight is 229 g/mol. The van der Waals surface area contributed by atoms with E-state index in [-0.39, 0.29) is 11.8 Å². The minimum absolute atomic E-state index is 0.247. The van der Waals surface area contributed by atoms with Gasteiger partial charge < -0.3 is 0 Å². The molecule has 0 fully saturated rings. The number of rotatable bonds is 3. The molecule has 1 aromatic carbocycles. The fourth-order valence-corrected chi connectivity index (χ4v) is 2.00. The van der Waals surface area contributed by atoms with Crippen LogP contribution >= 0.6 is 0 Å². The van der Waals surface area contributed by atoms with Crippen molar-refractivity contribution >= 4 is 21.8 Å². The first-order chi connectivity index (χ1) is 6.88. The van der Waals surface area contributed by atoms with E-state index in [9.17, 15) is 23.3 Å². The average Bonchev–Trinajstić information content (AvgIpc) is 2.15. The summed E-state index contributed by atoms with van der Waals surface area (Å²) in [6.45, 7) is 0. The molecule has 0 spiro atoms. The van der Waals surface area contributed by atoms with Crippen LogP contribution in [0.2, 0.25) is 0 Å². The van der Waals surface area contributed by atoms with Crippen LogP contribution in [0.1, 0.15) is 10.4 Å². The van der Waals surface area contributed by atoms with Crippen molar-refractivity contribution in [1.82, 2.24) is 0 Å². The smallest absolute Gasteiger partial charge is 0.298 e. The Morgan fingerprint density at radius 2 is 2.00 bits per heavy atom. The maximum atomic E-state index is 11.2. The lowest BCUT2D eigenvalue weighted by Gasteiger charge is -2.01. The lowest BCUT2D eigenvalue weighted by molar-refractivity contribution is -0.388. The molecule has 15 heavy (non-hydrogen) atoms. The van der Waals surface area contributed by atoms with Gasteiger partial charge in [-0.2, -0.15) is 0 Å². The molecular formula is C8H7NO5S. The molecule has 0 heterocycles. The third-order valence-electron chi connectivity index (χ3n) is 1.74. The quantitative estimate of drug-likeness (QED) is 0.434. The summed E-state index contributed by atoms with van der Waals surface area (Å²) in [6.07, 6.45) is 1.11. The van der Waals surface area contributed by atoms with Crippen LogP contribution in [-0.4, -0.2) is 25.9 Å². The number of carbonyl (C=O) groups excluding carboxylic acids is 1. The largest absolute Gasteiger partial charge is 0.298 e. The number of benzene rings is 1. The minimum atomic E-state index is -3.71. The number of carbonyl (C=O) groups is 1. The molecule has 0 bridgehead atoms. The number of nitro groups is 1. The van der Waals surface area contributed by atoms with Gasteiger partial charge >= 0.3 is 0 Å². The van der Waals surface area contributed by atoms with E-state index in [0.717, 1.165) is 12.3 Å². The summed E-state index contributed by atoms with van der Waals surface area (Å²) < 4.78 is 22.4. The predicted molar refractivity (Wildman–Crippen MR) is 51.6 cm³/mol. The number of hydrogen-bond donors (Lipinski definition) is 0. The molecule has 0 atom stereocenters. The van der Waals surface area contributed by atoms with Gasteiger partial charge in [-0.15, -0.1) is 0 Å². The Morgan fingerprint density at radius 1 is 1.40 bits per heavy atom. The molecule has 0 aromatic heterocycles. The summed E-state index contributed by atoms with van der Waals surface area (Å²) in [6, 6.07) is 3.58. The Bertz CT molecular complexity index is 520. The fourth-order valence-electron chi connectivity index (χ4n) is 1.13. The van der Waals surface area contributed by atoms with Gasteiger partial charge in [-0.05, 0) is 12.1 Å². The van der Waals surface area contributed by atoms with E-state index in [4.69, 9.17) is 0 Å². The Hall–Kier alpha value is -1.76. The van der Waals surface area contributed by atoms with Crippen molar-refractivity contribution in [3.63, 3.8) is 0 Å². The first-order valence-electron chi connectivity index (χ1n) is 3.80. The Labute approximate surface area is 85.6 Å². The second kappa shape index (κ2) is 3.77. The number of para-hydroxylation sites is 1. The van der Waals surface area contributed by atoms with Gasteiger partial charge in [0.05, 0.1) is 10.5 Å². The van der Waals surface area contributed by atoms with Crippen LogP contribution in [0.4, 0.5) is 5.69 Å². The normalized spacial score (nSPS) is 11.0. The minimum Gasteiger partial charge on any atom is -0.298 e. The van der Waals surface area contributed by atoms with Gasteiger partial charge in [0.1, 0.15) is 4.90 Å². The van der Waals surface area contributed by atoms with Gasteiger partial charge in [0, 0.05) is 6.26 Å². The monoisotopic (exact) mass is 229 g/mol. The molecule has 1 aromatic rings. The standard InChI is InChI=1S/C8H7NO5S/c1-15(13,14)7-4-2-3-6(5-10)8(7)9(11)12/h2-5H,1H3. The molecule has 0 aliphatic rings. The molecule has 0 aliphatic carbocycles. The first kappa shape index (κ1) is 11.3. The Morgan fingerprint density at radius 3 is 2.40 bits per heavy atom. The summed E-state index contributed by atoms with van der Waals surface area (Å²) in [5.74, 6) is 0. The highest BCUT2D eigenvalue weighted by atomic mass is 32.2. The summed E-state index contributed by atoms with van der Waals surface area (Å²) in [4.78, 5) is 19.8. The van der Waals surface area contributed by atoms with Crippen molar-refractivity contribution in [3.8, 4) is 0 Å². The third kappa shape index (κ3) is 2.18. The molecule has 6 nitrogen and oxygen atoms in total.